The van der Waals surface area contributed by atoms with Gasteiger partial charge in [0.2, 0.25) is 0 Å². The van der Waals surface area contributed by atoms with Gasteiger partial charge in [0.05, 0.1) is 11.1 Å². The number of hydrogen-bond donors (Lipinski definition) is 2. The monoisotopic (exact) mass is 418 g/mol. The number of nitrogens with zero attached hydrogens (tertiary/aromatic N) is 5. The Morgan fingerprint density at radius 3 is 2.77 bits per heavy atom. The number of alkyl halides is 3. The van der Waals surface area contributed by atoms with Gasteiger partial charge in [-0.2, -0.15) is 13.2 Å². The van der Waals surface area contributed by atoms with Gasteiger partial charge in [0.1, 0.15) is 5.75 Å². The van der Waals surface area contributed by atoms with Crippen LogP contribution in [0.25, 0.3) is 17.0 Å². The number of rotatable bonds is 3. The number of phenolic OH excluding ortho intramolecular Hbond substituents is 1. The first-order valence-electron chi connectivity index (χ1n) is 10.0. The number of fused-ring (bicyclic) bond motifs is 2. The van der Waals surface area contributed by atoms with E-state index >= 15 is 0 Å². The van der Waals surface area contributed by atoms with Crippen molar-refractivity contribution in [3.05, 3.63) is 36.2 Å². The Balaban J connectivity index is 1.48. The molecular weight excluding hydrogens is 397 g/mol. The molecule has 2 aliphatic rings. The fraction of sp³-hybridized carbons (Fsp3) is 0.450. The number of nitrogens with one attached hydrogen (secondary N) is 1. The van der Waals surface area contributed by atoms with Crippen molar-refractivity contribution in [3.63, 3.8) is 0 Å². The van der Waals surface area contributed by atoms with Crippen LogP contribution < -0.4 is 5.32 Å². The van der Waals surface area contributed by atoms with Crippen LogP contribution in [0.2, 0.25) is 0 Å². The summed E-state index contributed by atoms with van der Waals surface area (Å²) in [5, 5.41) is 22.2. The Bertz CT molecular complexity index is 1080. The highest BCUT2D eigenvalue weighted by Gasteiger charge is 2.36. The summed E-state index contributed by atoms with van der Waals surface area (Å²) in [6.07, 6.45) is 3.32. The van der Waals surface area contributed by atoms with Gasteiger partial charge in [-0.1, -0.05) is 6.42 Å². The number of aromatic nitrogens is 4. The summed E-state index contributed by atoms with van der Waals surface area (Å²) in [5.41, 5.74) is -0.243. The fourth-order valence-corrected chi connectivity index (χ4v) is 4.61. The number of phenols is 1. The number of anilines is 1. The average molecular weight is 418 g/mol. The zero-order valence-electron chi connectivity index (χ0n) is 16.1. The maximum Gasteiger partial charge on any atom is 0.416 e. The summed E-state index contributed by atoms with van der Waals surface area (Å²) in [5.74, 6) is 0.251. The van der Waals surface area contributed by atoms with E-state index in [1.165, 1.54) is 18.9 Å². The van der Waals surface area contributed by atoms with Crippen LogP contribution in [0, 0.1) is 0 Å². The van der Waals surface area contributed by atoms with Gasteiger partial charge in [-0.05, 0) is 44.0 Å². The molecule has 0 amide bonds. The summed E-state index contributed by atoms with van der Waals surface area (Å²) in [6, 6.07) is 3.54. The van der Waals surface area contributed by atoms with E-state index in [9.17, 15) is 18.3 Å². The predicted molar refractivity (Wildman–Crippen MR) is 104 cm³/mol. The number of imidazole rings is 1. The van der Waals surface area contributed by atoms with Crippen molar-refractivity contribution in [3.8, 4) is 17.1 Å². The van der Waals surface area contributed by atoms with Crippen LogP contribution in [0.3, 0.4) is 0 Å². The topological polar surface area (TPSA) is 78.6 Å². The molecule has 0 aliphatic carbocycles. The van der Waals surface area contributed by atoms with E-state index in [0.29, 0.717) is 23.6 Å². The SMILES string of the molecule is Oc1cc(C(F)(F)F)ccc1-c1nnc(NC2CCN3CCCCC23)c2nccn12. The van der Waals surface area contributed by atoms with Crippen molar-refractivity contribution in [2.45, 2.75) is 43.9 Å². The van der Waals surface area contributed by atoms with E-state index in [1.807, 2.05) is 0 Å². The van der Waals surface area contributed by atoms with Crippen LogP contribution in [0.5, 0.6) is 5.75 Å². The number of benzene rings is 1. The minimum Gasteiger partial charge on any atom is -0.507 e. The first-order chi connectivity index (χ1) is 14.4. The van der Waals surface area contributed by atoms with Crippen molar-refractivity contribution < 1.29 is 18.3 Å². The molecule has 2 aliphatic heterocycles. The summed E-state index contributed by atoms with van der Waals surface area (Å²) >= 11 is 0. The Kier molecular flexibility index (Phi) is 4.53. The third kappa shape index (κ3) is 3.24. The molecule has 1 aromatic carbocycles. The van der Waals surface area contributed by atoms with E-state index < -0.39 is 17.5 Å². The Hall–Kier alpha value is -2.88. The van der Waals surface area contributed by atoms with Crippen LogP contribution in [0.1, 0.15) is 31.2 Å². The van der Waals surface area contributed by atoms with Gasteiger partial charge in [-0.15, -0.1) is 10.2 Å². The highest BCUT2D eigenvalue weighted by molar-refractivity contribution is 5.71. The van der Waals surface area contributed by atoms with Crippen molar-refractivity contribution in [2.75, 3.05) is 18.4 Å². The molecule has 5 rings (SSSR count). The Labute approximate surface area is 170 Å². The normalized spacial score (nSPS) is 22.4. The molecule has 10 heteroatoms. The molecule has 2 N–H and O–H groups in total. The summed E-state index contributed by atoms with van der Waals surface area (Å²) in [7, 11) is 0. The third-order valence-electron chi connectivity index (χ3n) is 6.07. The molecule has 2 saturated heterocycles. The van der Waals surface area contributed by atoms with Crippen LogP contribution >= 0.6 is 0 Å². The average Bonchev–Trinajstić information content (AvgIpc) is 3.36. The molecule has 30 heavy (non-hydrogen) atoms. The first kappa shape index (κ1) is 19.1. The molecule has 0 saturated carbocycles. The second-order valence-corrected chi connectivity index (χ2v) is 7.86. The maximum absolute atomic E-state index is 12.9. The van der Waals surface area contributed by atoms with Crippen LogP contribution in [0.4, 0.5) is 19.0 Å². The quantitative estimate of drug-likeness (QED) is 0.677. The lowest BCUT2D eigenvalue weighted by atomic mass is 9.99. The molecule has 0 bridgehead atoms. The molecule has 0 spiro atoms. The molecule has 2 unspecified atom stereocenters. The maximum atomic E-state index is 12.9. The molecule has 158 valence electrons. The van der Waals surface area contributed by atoms with E-state index in [0.717, 1.165) is 32.0 Å². The number of halogens is 3. The van der Waals surface area contributed by atoms with Gasteiger partial charge in [-0.3, -0.25) is 9.30 Å². The highest BCUT2D eigenvalue weighted by Crippen LogP contribution is 2.36. The lowest BCUT2D eigenvalue weighted by Crippen LogP contribution is -2.42. The van der Waals surface area contributed by atoms with Crippen molar-refractivity contribution in [1.82, 2.24) is 24.5 Å². The Morgan fingerprint density at radius 2 is 1.97 bits per heavy atom. The van der Waals surface area contributed by atoms with Crippen molar-refractivity contribution in [1.29, 1.82) is 0 Å². The minimum atomic E-state index is -4.53. The molecule has 2 aromatic heterocycles. The predicted octanol–water partition coefficient (Wildman–Crippen LogP) is 3.55. The van der Waals surface area contributed by atoms with E-state index in [2.05, 4.69) is 25.4 Å². The minimum absolute atomic E-state index is 0.157. The summed E-state index contributed by atoms with van der Waals surface area (Å²) in [4.78, 5) is 6.87. The van der Waals surface area contributed by atoms with Gasteiger partial charge in [-0.25, -0.2) is 4.98 Å². The van der Waals surface area contributed by atoms with Gasteiger partial charge in [0.25, 0.3) is 0 Å². The van der Waals surface area contributed by atoms with Crippen molar-refractivity contribution in [2.24, 2.45) is 0 Å². The third-order valence-corrected chi connectivity index (χ3v) is 6.07. The summed E-state index contributed by atoms with van der Waals surface area (Å²) in [6.45, 7) is 2.18. The van der Waals surface area contributed by atoms with Gasteiger partial charge >= 0.3 is 6.18 Å². The molecule has 0 radical (unpaired) electrons. The van der Waals surface area contributed by atoms with Crippen LogP contribution in [0.15, 0.2) is 30.6 Å². The second-order valence-electron chi connectivity index (χ2n) is 7.86. The van der Waals surface area contributed by atoms with E-state index in [1.54, 1.807) is 16.8 Å². The van der Waals surface area contributed by atoms with Gasteiger partial charge in [0.15, 0.2) is 17.3 Å². The molecule has 4 heterocycles. The smallest absolute Gasteiger partial charge is 0.416 e. The molecule has 2 atom stereocenters. The number of aromatic hydroxyl groups is 1. The lowest BCUT2D eigenvalue weighted by molar-refractivity contribution is -0.137. The van der Waals surface area contributed by atoms with Crippen LogP contribution in [-0.2, 0) is 6.18 Å². The van der Waals surface area contributed by atoms with Crippen LogP contribution in [-0.4, -0.2) is 54.8 Å². The second kappa shape index (κ2) is 7.12. The summed E-state index contributed by atoms with van der Waals surface area (Å²) < 4.78 is 40.3. The zero-order chi connectivity index (χ0) is 20.9. The molecular formula is C20H21F3N6O. The van der Waals surface area contributed by atoms with Gasteiger partial charge < -0.3 is 10.4 Å². The first-order valence-corrected chi connectivity index (χ1v) is 10.0. The largest absolute Gasteiger partial charge is 0.507 e. The Morgan fingerprint density at radius 1 is 1.10 bits per heavy atom. The molecule has 2 fully saturated rings. The van der Waals surface area contributed by atoms with E-state index in [4.69, 9.17) is 0 Å². The van der Waals surface area contributed by atoms with Gasteiger partial charge in [0, 0.05) is 31.0 Å². The fourth-order valence-electron chi connectivity index (χ4n) is 4.61. The molecule has 7 nitrogen and oxygen atoms in total. The van der Waals surface area contributed by atoms with Crippen molar-refractivity contribution >= 4 is 11.5 Å². The number of hydrogen-bond acceptors (Lipinski definition) is 6. The lowest BCUT2D eigenvalue weighted by Gasteiger charge is -2.32. The molecule has 3 aromatic rings. The standard InChI is InChI=1S/C20H21F3N6O/c21-20(22,23)12-4-5-13(16(30)11-12)18-27-26-17(19-24-7-10-29(18)19)25-14-6-9-28-8-2-1-3-15(14)28/h4-5,7,10-11,14-15,30H,1-3,6,8-9H2,(H,25,26). The zero-order valence-corrected chi connectivity index (χ0v) is 16.1. The number of piperidine rings is 1. The highest BCUT2D eigenvalue weighted by atomic mass is 19.4. The van der Waals surface area contributed by atoms with E-state index in [-0.39, 0.29) is 17.4 Å².